The highest BCUT2D eigenvalue weighted by Crippen LogP contribution is 2.32. The van der Waals surface area contributed by atoms with Crippen LogP contribution < -0.4 is 14.2 Å². The van der Waals surface area contributed by atoms with E-state index in [4.69, 9.17) is 14.6 Å². The maximum Gasteiger partial charge on any atom is 0.242 e. The van der Waals surface area contributed by atoms with Crippen LogP contribution in [0.5, 0.6) is 11.5 Å². The van der Waals surface area contributed by atoms with Gasteiger partial charge in [0, 0.05) is 11.4 Å². The van der Waals surface area contributed by atoms with E-state index in [-0.39, 0.29) is 24.8 Å². The molecule has 0 radical (unpaired) electrons. The summed E-state index contributed by atoms with van der Waals surface area (Å²) < 4.78 is 37.4. The number of ether oxygens (including phenoxy) is 2. The van der Waals surface area contributed by atoms with Crippen molar-refractivity contribution in [2.45, 2.75) is 18.0 Å². The smallest absolute Gasteiger partial charge is 0.242 e. The first-order valence-electron chi connectivity index (χ1n) is 6.15. The molecule has 3 rings (SSSR count). The number of hydrogen-bond donors (Lipinski definition) is 2. The highest BCUT2D eigenvalue weighted by molar-refractivity contribution is 7.89. The number of fused-ring (bicyclic) bond motifs is 1. The van der Waals surface area contributed by atoms with Crippen molar-refractivity contribution in [2.75, 3.05) is 6.79 Å². The number of sulfonamides is 1. The minimum atomic E-state index is -3.64. The number of aliphatic hydroxyl groups excluding tert-OH is 1. The first-order valence-corrected chi connectivity index (χ1v) is 8.52. The minimum absolute atomic E-state index is 0.121. The van der Waals surface area contributed by atoms with Crippen molar-refractivity contribution >= 4 is 21.4 Å². The van der Waals surface area contributed by atoms with Crippen molar-refractivity contribution in [1.82, 2.24) is 4.72 Å². The summed E-state index contributed by atoms with van der Waals surface area (Å²) in [5.41, 5.74) is 0.767. The zero-order valence-electron chi connectivity index (χ0n) is 10.9. The van der Waals surface area contributed by atoms with Gasteiger partial charge in [-0.25, -0.2) is 13.1 Å². The zero-order chi connectivity index (χ0) is 14.9. The molecule has 0 saturated heterocycles. The van der Waals surface area contributed by atoms with E-state index in [1.165, 1.54) is 17.4 Å². The maximum atomic E-state index is 12.2. The number of benzene rings is 1. The van der Waals surface area contributed by atoms with E-state index in [2.05, 4.69) is 4.72 Å². The Hall–Kier alpha value is -1.61. The third kappa shape index (κ3) is 2.88. The van der Waals surface area contributed by atoms with Gasteiger partial charge in [0.2, 0.25) is 16.8 Å². The van der Waals surface area contributed by atoms with Gasteiger partial charge in [0.1, 0.15) is 0 Å². The number of thiophene rings is 1. The molecule has 1 aliphatic heterocycles. The Morgan fingerprint density at radius 2 is 2.05 bits per heavy atom. The topological polar surface area (TPSA) is 84.9 Å². The molecule has 2 heterocycles. The Labute approximate surface area is 126 Å². The Morgan fingerprint density at radius 3 is 2.86 bits per heavy atom. The third-order valence-electron chi connectivity index (χ3n) is 3.04. The molecular formula is C13H13NO5S2. The Kier molecular flexibility index (Phi) is 3.85. The molecule has 1 aromatic carbocycles. The van der Waals surface area contributed by atoms with Crippen LogP contribution in [0.4, 0.5) is 0 Å². The SMILES string of the molecule is O=S(=O)(NCc1ccc2c(c1)OCO2)c1ccsc1CO. The van der Waals surface area contributed by atoms with Crippen LogP contribution in [-0.4, -0.2) is 20.3 Å². The van der Waals surface area contributed by atoms with E-state index in [0.29, 0.717) is 16.4 Å². The van der Waals surface area contributed by atoms with Gasteiger partial charge < -0.3 is 14.6 Å². The molecule has 6 nitrogen and oxygen atoms in total. The molecule has 1 aromatic heterocycles. The quantitative estimate of drug-likeness (QED) is 0.868. The lowest BCUT2D eigenvalue weighted by molar-refractivity contribution is 0.174. The normalized spacial score (nSPS) is 13.6. The molecule has 1 aliphatic rings. The second-order valence-electron chi connectivity index (χ2n) is 4.38. The third-order valence-corrected chi connectivity index (χ3v) is 5.56. The zero-order valence-corrected chi connectivity index (χ0v) is 12.5. The number of hydrogen-bond acceptors (Lipinski definition) is 6. The van der Waals surface area contributed by atoms with Gasteiger partial charge in [0.05, 0.1) is 11.5 Å². The van der Waals surface area contributed by atoms with E-state index in [1.807, 2.05) is 0 Å². The van der Waals surface area contributed by atoms with Crippen molar-refractivity contribution < 1.29 is 23.0 Å². The molecular weight excluding hydrogens is 314 g/mol. The molecule has 0 aliphatic carbocycles. The largest absolute Gasteiger partial charge is 0.454 e. The van der Waals surface area contributed by atoms with Gasteiger partial charge >= 0.3 is 0 Å². The van der Waals surface area contributed by atoms with Crippen LogP contribution in [0.2, 0.25) is 0 Å². The first-order chi connectivity index (χ1) is 10.1. The second-order valence-corrected chi connectivity index (χ2v) is 7.11. The average molecular weight is 327 g/mol. The maximum absolute atomic E-state index is 12.2. The van der Waals surface area contributed by atoms with E-state index < -0.39 is 10.0 Å². The summed E-state index contributed by atoms with van der Waals surface area (Å²) in [6.07, 6.45) is 0. The highest BCUT2D eigenvalue weighted by Gasteiger charge is 2.20. The lowest BCUT2D eigenvalue weighted by Gasteiger charge is -2.07. The van der Waals surface area contributed by atoms with Crippen LogP contribution in [0.25, 0.3) is 0 Å². The second kappa shape index (κ2) is 5.64. The molecule has 0 atom stereocenters. The lowest BCUT2D eigenvalue weighted by atomic mass is 10.2. The van der Waals surface area contributed by atoms with Crippen LogP contribution >= 0.6 is 11.3 Å². The molecule has 112 valence electrons. The van der Waals surface area contributed by atoms with Gasteiger partial charge in [-0.15, -0.1) is 11.3 Å². The summed E-state index contributed by atoms with van der Waals surface area (Å²) in [6.45, 7) is 0.0247. The van der Waals surface area contributed by atoms with Crippen LogP contribution in [0.1, 0.15) is 10.4 Å². The van der Waals surface area contributed by atoms with Crippen molar-refractivity contribution in [3.8, 4) is 11.5 Å². The summed E-state index contributed by atoms with van der Waals surface area (Å²) >= 11 is 1.21. The first kappa shape index (κ1) is 14.3. The van der Waals surface area contributed by atoms with Crippen molar-refractivity contribution in [1.29, 1.82) is 0 Å². The summed E-state index contributed by atoms with van der Waals surface area (Å²) in [7, 11) is -3.64. The molecule has 8 heteroatoms. The molecule has 0 bridgehead atoms. The highest BCUT2D eigenvalue weighted by atomic mass is 32.2. The molecule has 0 saturated carbocycles. The van der Waals surface area contributed by atoms with Gasteiger partial charge in [-0.3, -0.25) is 0 Å². The fourth-order valence-electron chi connectivity index (χ4n) is 1.99. The molecule has 0 fully saturated rings. The van der Waals surface area contributed by atoms with Crippen LogP contribution in [-0.2, 0) is 23.2 Å². The van der Waals surface area contributed by atoms with Crippen molar-refractivity contribution in [3.05, 3.63) is 40.1 Å². The molecule has 2 N–H and O–H groups in total. The molecule has 0 spiro atoms. The summed E-state index contributed by atoms with van der Waals surface area (Å²) in [6, 6.07) is 6.75. The summed E-state index contributed by atoms with van der Waals surface area (Å²) in [5, 5.41) is 10.8. The van der Waals surface area contributed by atoms with Gasteiger partial charge in [-0.1, -0.05) is 6.07 Å². The summed E-state index contributed by atoms with van der Waals surface area (Å²) in [5.74, 6) is 1.26. The van der Waals surface area contributed by atoms with Crippen LogP contribution in [0.3, 0.4) is 0 Å². The number of rotatable bonds is 5. The van der Waals surface area contributed by atoms with E-state index in [0.717, 1.165) is 5.56 Å². The predicted octanol–water partition coefficient (Wildman–Crippen LogP) is 1.45. The Bertz CT molecular complexity index is 754. The molecule has 0 unspecified atom stereocenters. The van der Waals surface area contributed by atoms with E-state index in [1.54, 1.807) is 23.6 Å². The summed E-state index contributed by atoms with van der Waals surface area (Å²) in [4.78, 5) is 0.545. The fourth-order valence-corrected chi connectivity index (χ4v) is 4.30. The Morgan fingerprint density at radius 1 is 1.24 bits per heavy atom. The van der Waals surface area contributed by atoms with Gasteiger partial charge in [0.15, 0.2) is 11.5 Å². The minimum Gasteiger partial charge on any atom is -0.454 e. The van der Waals surface area contributed by atoms with Gasteiger partial charge in [-0.2, -0.15) is 0 Å². The number of nitrogens with one attached hydrogen (secondary N) is 1. The van der Waals surface area contributed by atoms with Crippen molar-refractivity contribution in [3.63, 3.8) is 0 Å². The van der Waals surface area contributed by atoms with Crippen LogP contribution in [0.15, 0.2) is 34.5 Å². The van der Waals surface area contributed by atoms with Crippen LogP contribution in [0, 0.1) is 0 Å². The monoisotopic (exact) mass is 327 g/mol. The standard InChI is InChI=1S/C13H13NO5S2/c15-7-12-13(3-4-20-12)21(16,17)14-6-9-1-2-10-11(5-9)19-8-18-10/h1-5,14-15H,6-8H2. The van der Waals surface area contributed by atoms with E-state index >= 15 is 0 Å². The van der Waals surface area contributed by atoms with Gasteiger partial charge in [-0.05, 0) is 29.1 Å². The van der Waals surface area contributed by atoms with Gasteiger partial charge in [0.25, 0.3) is 0 Å². The molecule has 2 aromatic rings. The molecule has 21 heavy (non-hydrogen) atoms. The lowest BCUT2D eigenvalue weighted by Crippen LogP contribution is -2.23. The predicted molar refractivity (Wildman–Crippen MR) is 76.8 cm³/mol. The van der Waals surface area contributed by atoms with E-state index in [9.17, 15) is 8.42 Å². The number of aliphatic hydroxyl groups is 1. The Balaban J connectivity index is 1.75. The van der Waals surface area contributed by atoms with Crippen molar-refractivity contribution in [2.24, 2.45) is 0 Å². The molecule has 0 amide bonds. The fraction of sp³-hybridized carbons (Fsp3) is 0.231. The average Bonchev–Trinajstić information content (AvgIpc) is 3.13.